The quantitative estimate of drug-likeness (QED) is 0.902. The molecule has 102 valence electrons. The average Bonchev–Trinajstić information content (AvgIpc) is 2.33. The summed E-state index contributed by atoms with van der Waals surface area (Å²) in [5.41, 5.74) is -0.470. The van der Waals surface area contributed by atoms with Crippen LogP contribution in [0.5, 0.6) is 5.75 Å². The minimum Gasteiger partial charge on any atom is -0.478 e. The number of hydrogen-bond acceptors (Lipinski definition) is 2. The highest BCUT2D eigenvalue weighted by Gasteiger charge is 2.48. The SMILES string of the molecule is [2H]C([2H])([2H])Cc1ccc2c(c1)OC(C(F)(F)F)C(C(=O)O)=C2. The van der Waals surface area contributed by atoms with Crippen molar-refractivity contribution in [2.24, 2.45) is 0 Å². The Morgan fingerprint density at radius 2 is 2.26 bits per heavy atom. The number of ether oxygens (including phenoxy) is 1. The number of carbonyl (C=O) groups is 1. The van der Waals surface area contributed by atoms with E-state index in [0.29, 0.717) is 0 Å². The van der Waals surface area contributed by atoms with Crippen molar-refractivity contribution in [1.29, 1.82) is 0 Å². The molecule has 1 atom stereocenters. The van der Waals surface area contributed by atoms with E-state index in [9.17, 15) is 18.0 Å². The van der Waals surface area contributed by atoms with Crippen molar-refractivity contribution in [3.8, 4) is 5.75 Å². The monoisotopic (exact) mass is 275 g/mol. The Morgan fingerprint density at radius 3 is 2.84 bits per heavy atom. The maximum atomic E-state index is 12.9. The van der Waals surface area contributed by atoms with Gasteiger partial charge in [-0.1, -0.05) is 19.0 Å². The molecule has 0 fully saturated rings. The summed E-state index contributed by atoms with van der Waals surface area (Å²) in [6, 6.07) is 3.94. The van der Waals surface area contributed by atoms with Crippen LogP contribution < -0.4 is 4.74 Å². The molecule has 1 heterocycles. The summed E-state index contributed by atoms with van der Waals surface area (Å²) < 4.78 is 64.9. The van der Waals surface area contributed by atoms with Crippen LogP contribution >= 0.6 is 0 Å². The third kappa shape index (κ3) is 2.57. The molecule has 0 bridgehead atoms. The van der Waals surface area contributed by atoms with Gasteiger partial charge in [0.1, 0.15) is 5.75 Å². The second kappa shape index (κ2) is 4.60. The summed E-state index contributed by atoms with van der Waals surface area (Å²) in [6.45, 7) is -2.27. The molecule has 0 saturated heterocycles. The standard InChI is InChI=1S/C13H11F3O3/c1-2-7-3-4-8-6-9(12(17)18)11(13(14,15)16)19-10(8)5-7/h3-6,11H,2H2,1H3,(H,17,18)/i1D3. The number of alkyl halides is 3. The molecule has 0 aromatic heterocycles. The Bertz CT molecular complexity index is 636. The lowest BCUT2D eigenvalue weighted by Crippen LogP contribution is -2.40. The van der Waals surface area contributed by atoms with Gasteiger partial charge in [0.05, 0.1) is 5.57 Å². The van der Waals surface area contributed by atoms with Crippen molar-refractivity contribution in [1.82, 2.24) is 0 Å². The number of halogens is 3. The Balaban J connectivity index is 2.43. The van der Waals surface area contributed by atoms with E-state index in [2.05, 4.69) is 0 Å². The molecule has 0 aliphatic carbocycles. The summed E-state index contributed by atoms with van der Waals surface area (Å²) in [5.74, 6) is -1.91. The van der Waals surface area contributed by atoms with Gasteiger partial charge in [-0.2, -0.15) is 13.2 Å². The molecule has 1 aliphatic heterocycles. The van der Waals surface area contributed by atoms with Crippen LogP contribution in [0.15, 0.2) is 23.8 Å². The lowest BCUT2D eigenvalue weighted by Gasteiger charge is -2.27. The van der Waals surface area contributed by atoms with Gasteiger partial charge in [0.2, 0.25) is 6.10 Å². The summed E-state index contributed by atoms with van der Waals surface area (Å²) >= 11 is 0. The number of aliphatic carboxylic acids is 1. The van der Waals surface area contributed by atoms with Crippen molar-refractivity contribution in [3.63, 3.8) is 0 Å². The lowest BCUT2D eigenvalue weighted by atomic mass is 9.99. The third-order valence-electron chi connectivity index (χ3n) is 2.66. The predicted molar refractivity (Wildman–Crippen MR) is 61.9 cm³/mol. The Morgan fingerprint density at radius 1 is 1.53 bits per heavy atom. The molecule has 1 unspecified atom stereocenters. The van der Waals surface area contributed by atoms with Gasteiger partial charge in [-0.25, -0.2) is 4.79 Å². The van der Waals surface area contributed by atoms with Crippen LogP contribution in [-0.2, 0) is 11.2 Å². The highest BCUT2D eigenvalue weighted by atomic mass is 19.4. The molecule has 19 heavy (non-hydrogen) atoms. The Kier molecular flexibility index (Phi) is 2.40. The van der Waals surface area contributed by atoms with E-state index in [1.165, 1.54) is 18.2 Å². The van der Waals surface area contributed by atoms with Gasteiger partial charge in [0.25, 0.3) is 0 Å². The number of aryl methyl sites for hydroxylation is 1. The van der Waals surface area contributed by atoms with Gasteiger partial charge in [-0.3, -0.25) is 0 Å². The topological polar surface area (TPSA) is 46.5 Å². The summed E-state index contributed by atoms with van der Waals surface area (Å²) in [6.07, 6.45) is -6.91. The van der Waals surface area contributed by atoms with E-state index >= 15 is 0 Å². The number of hydrogen-bond donors (Lipinski definition) is 1. The van der Waals surface area contributed by atoms with E-state index in [0.717, 1.165) is 6.08 Å². The van der Waals surface area contributed by atoms with E-state index < -0.39 is 30.7 Å². The minimum absolute atomic E-state index is 0.159. The summed E-state index contributed by atoms with van der Waals surface area (Å²) in [5, 5.41) is 8.88. The smallest absolute Gasteiger partial charge is 0.430 e. The molecule has 1 aromatic rings. The first-order valence-electron chi connectivity index (χ1n) is 6.78. The first-order chi connectivity index (χ1) is 9.97. The fourth-order valence-corrected chi connectivity index (χ4v) is 1.76. The molecule has 1 aromatic carbocycles. The Labute approximate surface area is 111 Å². The number of rotatable bonds is 2. The van der Waals surface area contributed by atoms with Crippen LogP contribution in [0.1, 0.15) is 22.1 Å². The van der Waals surface area contributed by atoms with Crippen molar-refractivity contribution in [2.45, 2.75) is 25.6 Å². The van der Waals surface area contributed by atoms with Crippen LogP contribution in [0, 0.1) is 0 Å². The molecular formula is C13H11F3O3. The maximum absolute atomic E-state index is 12.9. The highest BCUT2D eigenvalue weighted by molar-refractivity contribution is 5.95. The van der Waals surface area contributed by atoms with Crippen LogP contribution in [0.25, 0.3) is 6.08 Å². The molecule has 2 rings (SSSR count). The van der Waals surface area contributed by atoms with Crippen molar-refractivity contribution < 1.29 is 31.9 Å². The van der Waals surface area contributed by atoms with Gasteiger partial charge in [0.15, 0.2) is 0 Å². The van der Waals surface area contributed by atoms with Crippen LogP contribution in [0.2, 0.25) is 0 Å². The van der Waals surface area contributed by atoms with Crippen molar-refractivity contribution in [3.05, 3.63) is 34.9 Å². The Hall–Kier alpha value is -1.98. The fraction of sp³-hybridized carbons (Fsp3) is 0.308. The van der Waals surface area contributed by atoms with Gasteiger partial charge >= 0.3 is 12.1 Å². The molecule has 0 saturated carbocycles. The van der Waals surface area contributed by atoms with Gasteiger partial charge in [-0.15, -0.1) is 0 Å². The number of carboxylic acid groups (broad SMARTS) is 1. The first kappa shape index (κ1) is 9.89. The molecule has 1 N–H and O–H groups in total. The lowest BCUT2D eigenvalue weighted by molar-refractivity contribution is -0.187. The normalized spacial score (nSPS) is 21.3. The summed E-state index contributed by atoms with van der Waals surface area (Å²) in [7, 11) is 0. The van der Waals surface area contributed by atoms with Crippen molar-refractivity contribution >= 4 is 12.0 Å². The fourth-order valence-electron chi connectivity index (χ4n) is 1.76. The van der Waals surface area contributed by atoms with Gasteiger partial charge < -0.3 is 9.84 Å². The highest BCUT2D eigenvalue weighted by Crippen LogP contribution is 2.37. The van der Waals surface area contributed by atoms with E-state index in [1.54, 1.807) is 0 Å². The third-order valence-corrected chi connectivity index (χ3v) is 2.66. The molecular weight excluding hydrogens is 261 g/mol. The van der Waals surface area contributed by atoms with Crippen LogP contribution in [0.3, 0.4) is 0 Å². The largest absolute Gasteiger partial charge is 0.478 e. The molecule has 0 spiro atoms. The first-order valence-corrected chi connectivity index (χ1v) is 5.28. The minimum atomic E-state index is -4.89. The van der Waals surface area contributed by atoms with Crippen molar-refractivity contribution in [2.75, 3.05) is 0 Å². The average molecular weight is 275 g/mol. The van der Waals surface area contributed by atoms with Crippen LogP contribution in [0.4, 0.5) is 13.2 Å². The zero-order valence-electron chi connectivity index (χ0n) is 12.5. The number of carboxylic acids is 1. The number of fused-ring (bicyclic) bond motifs is 1. The van der Waals surface area contributed by atoms with E-state index in [-0.39, 0.29) is 23.3 Å². The van der Waals surface area contributed by atoms with E-state index in [1.807, 2.05) is 0 Å². The molecule has 3 nitrogen and oxygen atoms in total. The zero-order valence-corrected chi connectivity index (χ0v) is 9.49. The molecule has 0 amide bonds. The van der Waals surface area contributed by atoms with Crippen LogP contribution in [-0.4, -0.2) is 23.4 Å². The molecule has 1 aliphatic rings. The van der Waals surface area contributed by atoms with E-state index in [4.69, 9.17) is 14.0 Å². The maximum Gasteiger partial charge on any atom is 0.430 e. The van der Waals surface area contributed by atoms with Gasteiger partial charge in [0, 0.05) is 9.68 Å². The second-order valence-electron chi connectivity index (χ2n) is 3.99. The zero-order chi connectivity index (χ0) is 16.7. The predicted octanol–water partition coefficient (Wildman–Crippen LogP) is 3.04. The molecule has 6 heteroatoms. The van der Waals surface area contributed by atoms with Gasteiger partial charge in [-0.05, 0) is 24.1 Å². The summed E-state index contributed by atoms with van der Waals surface area (Å²) in [4.78, 5) is 11.0. The second-order valence-corrected chi connectivity index (χ2v) is 3.99. The molecule has 0 radical (unpaired) electrons. The number of benzene rings is 1.